The summed E-state index contributed by atoms with van der Waals surface area (Å²) in [6, 6.07) is 7.83. The molecule has 1 unspecified atom stereocenters. The molecule has 0 heterocycles. The Kier molecular flexibility index (Phi) is 9.78. The summed E-state index contributed by atoms with van der Waals surface area (Å²) < 4.78 is 10.4. The summed E-state index contributed by atoms with van der Waals surface area (Å²) in [5, 5.41) is 0. The number of nitrogens with zero attached hydrogens (tertiary/aromatic N) is 1. The smallest absolute Gasteiger partial charge is 0.224 e. The van der Waals surface area contributed by atoms with Gasteiger partial charge in [0, 0.05) is 27.2 Å². The van der Waals surface area contributed by atoms with Crippen molar-refractivity contribution in [1.29, 1.82) is 0 Å². The van der Waals surface area contributed by atoms with Crippen LogP contribution in [0.5, 0.6) is 5.75 Å². The molecule has 6 heteroatoms. The topological polar surface area (TPSA) is 64.8 Å². The van der Waals surface area contributed by atoms with E-state index in [9.17, 15) is 4.79 Å². The number of halogens is 1. The number of hydrogen-bond acceptors (Lipinski definition) is 4. The third-order valence-electron chi connectivity index (χ3n) is 3.33. The summed E-state index contributed by atoms with van der Waals surface area (Å²) in [5.74, 6) is 0.891. The molecule has 1 amide bonds. The van der Waals surface area contributed by atoms with Crippen LogP contribution in [0.3, 0.4) is 0 Å². The Morgan fingerprint density at radius 3 is 2.57 bits per heavy atom. The van der Waals surface area contributed by atoms with Gasteiger partial charge >= 0.3 is 0 Å². The van der Waals surface area contributed by atoms with Crippen molar-refractivity contribution in [1.82, 2.24) is 4.90 Å². The van der Waals surface area contributed by atoms with Crippen LogP contribution in [0.2, 0.25) is 0 Å². The van der Waals surface area contributed by atoms with Gasteiger partial charge in [0.05, 0.1) is 19.6 Å². The standard InChI is InChI=1S/C15H24N2O3.ClH/c1-17(15(18)10-13(11-16)19-2)9-8-12-6-4-5-7-14(12)20-3;/h4-7,13H,8-11,16H2,1-3H3;1H. The summed E-state index contributed by atoms with van der Waals surface area (Å²) in [6.07, 6.45) is 0.860. The van der Waals surface area contributed by atoms with E-state index in [1.807, 2.05) is 24.3 Å². The molecule has 0 aliphatic rings. The van der Waals surface area contributed by atoms with Crippen LogP contribution < -0.4 is 10.5 Å². The number of nitrogens with two attached hydrogens (primary N) is 1. The SMILES string of the molecule is COc1ccccc1CCN(C)C(=O)CC(CN)OC.Cl. The zero-order chi connectivity index (χ0) is 15.0. The largest absolute Gasteiger partial charge is 0.496 e. The highest BCUT2D eigenvalue weighted by Gasteiger charge is 2.15. The highest BCUT2D eigenvalue weighted by atomic mass is 35.5. The third kappa shape index (κ3) is 6.33. The quantitative estimate of drug-likeness (QED) is 0.789. The fourth-order valence-electron chi connectivity index (χ4n) is 1.94. The van der Waals surface area contributed by atoms with Crippen LogP contribution in [0.25, 0.3) is 0 Å². The number of ether oxygens (including phenoxy) is 2. The summed E-state index contributed by atoms with van der Waals surface area (Å²) in [7, 11) is 5.01. The maximum atomic E-state index is 12.0. The second-order valence-corrected chi connectivity index (χ2v) is 4.67. The van der Waals surface area contributed by atoms with E-state index in [0.717, 1.165) is 17.7 Å². The molecule has 120 valence electrons. The lowest BCUT2D eigenvalue weighted by atomic mass is 10.1. The maximum Gasteiger partial charge on any atom is 0.224 e. The van der Waals surface area contributed by atoms with Gasteiger partial charge in [-0.2, -0.15) is 0 Å². The lowest BCUT2D eigenvalue weighted by Gasteiger charge is -2.20. The number of carbonyl (C=O) groups is 1. The van der Waals surface area contributed by atoms with Gasteiger partial charge in [0.2, 0.25) is 5.91 Å². The molecule has 0 bridgehead atoms. The average molecular weight is 317 g/mol. The molecular formula is C15H25ClN2O3. The van der Waals surface area contributed by atoms with Crippen molar-refractivity contribution >= 4 is 18.3 Å². The third-order valence-corrected chi connectivity index (χ3v) is 3.33. The van der Waals surface area contributed by atoms with Gasteiger partial charge in [-0.25, -0.2) is 0 Å². The van der Waals surface area contributed by atoms with E-state index in [-0.39, 0.29) is 24.4 Å². The van der Waals surface area contributed by atoms with Crippen LogP contribution in [0, 0.1) is 0 Å². The number of carbonyl (C=O) groups excluding carboxylic acids is 1. The van der Waals surface area contributed by atoms with Gasteiger partial charge < -0.3 is 20.1 Å². The summed E-state index contributed by atoms with van der Waals surface area (Å²) in [5.41, 5.74) is 6.62. The van der Waals surface area contributed by atoms with Crippen molar-refractivity contribution in [2.45, 2.75) is 18.9 Å². The molecule has 5 nitrogen and oxygen atoms in total. The minimum absolute atomic E-state index is 0. The van der Waals surface area contributed by atoms with Crippen molar-refractivity contribution in [3.8, 4) is 5.75 Å². The van der Waals surface area contributed by atoms with Crippen LogP contribution in [0.4, 0.5) is 0 Å². The summed E-state index contributed by atoms with van der Waals surface area (Å²) in [6.45, 7) is 0.989. The van der Waals surface area contributed by atoms with Gasteiger partial charge in [-0.05, 0) is 18.1 Å². The number of likely N-dealkylation sites (N-methyl/N-ethyl adjacent to an activating group) is 1. The maximum absolute atomic E-state index is 12.0. The molecule has 1 atom stereocenters. The molecule has 2 N–H and O–H groups in total. The van der Waals surface area contributed by atoms with Crippen molar-refractivity contribution in [3.63, 3.8) is 0 Å². The van der Waals surface area contributed by atoms with Crippen LogP contribution in [-0.4, -0.2) is 51.3 Å². The molecule has 0 spiro atoms. The van der Waals surface area contributed by atoms with Gasteiger partial charge in [0.15, 0.2) is 0 Å². The molecule has 1 rings (SSSR count). The molecule has 0 aromatic heterocycles. The minimum atomic E-state index is -0.212. The molecule has 0 fully saturated rings. The number of methoxy groups -OCH3 is 2. The van der Waals surface area contributed by atoms with E-state index >= 15 is 0 Å². The zero-order valence-corrected chi connectivity index (χ0v) is 13.7. The lowest BCUT2D eigenvalue weighted by molar-refractivity contribution is -0.132. The van der Waals surface area contributed by atoms with Gasteiger partial charge in [-0.15, -0.1) is 12.4 Å². The second kappa shape index (κ2) is 10.4. The van der Waals surface area contributed by atoms with E-state index in [2.05, 4.69) is 0 Å². The Bertz CT molecular complexity index is 425. The van der Waals surface area contributed by atoms with E-state index in [1.54, 1.807) is 26.2 Å². The second-order valence-electron chi connectivity index (χ2n) is 4.67. The molecule has 0 aliphatic carbocycles. The molecule has 0 aliphatic heterocycles. The molecular weight excluding hydrogens is 292 g/mol. The van der Waals surface area contributed by atoms with Crippen LogP contribution in [0.15, 0.2) is 24.3 Å². The summed E-state index contributed by atoms with van der Waals surface area (Å²) >= 11 is 0. The molecule has 1 aromatic rings. The molecule has 0 radical (unpaired) electrons. The highest BCUT2D eigenvalue weighted by molar-refractivity contribution is 5.85. The van der Waals surface area contributed by atoms with Crippen molar-refractivity contribution in [2.75, 3.05) is 34.4 Å². The first-order valence-corrected chi connectivity index (χ1v) is 6.71. The Morgan fingerprint density at radius 1 is 1.33 bits per heavy atom. The first-order chi connectivity index (χ1) is 9.62. The average Bonchev–Trinajstić information content (AvgIpc) is 2.50. The fourth-order valence-corrected chi connectivity index (χ4v) is 1.94. The van der Waals surface area contributed by atoms with E-state index in [4.69, 9.17) is 15.2 Å². The van der Waals surface area contributed by atoms with Crippen LogP contribution in [0.1, 0.15) is 12.0 Å². The molecule has 1 aromatic carbocycles. The fraction of sp³-hybridized carbons (Fsp3) is 0.533. The molecule has 0 saturated carbocycles. The highest BCUT2D eigenvalue weighted by Crippen LogP contribution is 2.18. The monoisotopic (exact) mass is 316 g/mol. The number of amides is 1. The predicted octanol–water partition coefficient (Wildman–Crippen LogP) is 1.48. The number of benzene rings is 1. The Hall–Kier alpha value is -1.30. The van der Waals surface area contributed by atoms with E-state index in [0.29, 0.717) is 19.5 Å². The minimum Gasteiger partial charge on any atom is -0.496 e. The Morgan fingerprint density at radius 2 is 2.00 bits per heavy atom. The zero-order valence-electron chi connectivity index (χ0n) is 12.9. The predicted molar refractivity (Wildman–Crippen MR) is 86.1 cm³/mol. The molecule has 0 saturated heterocycles. The van der Waals surface area contributed by atoms with Crippen LogP contribution in [-0.2, 0) is 16.0 Å². The lowest BCUT2D eigenvalue weighted by Crippen LogP contribution is -2.34. The normalized spacial score (nSPS) is 11.4. The number of hydrogen-bond donors (Lipinski definition) is 1. The van der Waals surface area contributed by atoms with Gasteiger partial charge in [0.25, 0.3) is 0 Å². The number of para-hydroxylation sites is 1. The van der Waals surface area contributed by atoms with Gasteiger partial charge in [-0.3, -0.25) is 4.79 Å². The molecule has 21 heavy (non-hydrogen) atoms. The number of rotatable bonds is 8. The van der Waals surface area contributed by atoms with Crippen molar-refractivity contribution in [3.05, 3.63) is 29.8 Å². The van der Waals surface area contributed by atoms with Crippen LogP contribution >= 0.6 is 12.4 Å². The van der Waals surface area contributed by atoms with Crippen molar-refractivity contribution < 1.29 is 14.3 Å². The first-order valence-electron chi connectivity index (χ1n) is 6.71. The first kappa shape index (κ1) is 19.7. The van der Waals surface area contributed by atoms with Gasteiger partial charge in [0.1, 0.15) is 5.75 Å². The summed E-state index contributed by atoms with van der Waals surface area (Å²) in [4.78, 5) is 13.7. The van der Waals surface area contributed by atoms with Gasteiger partial charge in [-0.1, -0.05) is 18.2 Å². The van der Waals surface area contributed by atoms with Crippen molar-refractivity contribution in [2.24, 2.45) is 5.73 Å². The Balaban J connectivity index is 0.00000400. The van der Waals surface area contributed by atoms with E-state index < -0.39 is 0 Å². The Labute approximate surface area is 132 Å². The van der Waals surface area contributed by atoms with E-state index in [1.165, 1.54) is 0 Å².